The van der Waals surface area contributed by atoms with Crippen LogP contribution in [0.15, 0.2) is 4.99 Å². The number of rotatable bonds is 5. The third kappa shape index (κ3) is 2.93. The molecule has 0 aromatic rings. The van der Waals surface area contributed by atoms with E-state index >= 15 is 0 Å². The quantitative estimate of drug-likeness (QED) is 0.672. The zero-order chi connectivity index (χ0) is 12.2. The van der Waals surface area contributed by atoms with E-state index in [-0.39, 0.29) is 6.61 Å². The molecule has 0 radical (unpaired) electrons. The minimum Gasteiger partial charge on any atom is -0.396 e. The molecule has 0 saturated carbocycles. The van der Waals surface area contributed by atoms with Crippen molar-refractivity contribution in [1.82, 2.24) is 4.90 Å². The van der Waals surface area contributed by atoms with Crippen molar-refractivity contribution in [3.8, 4) is 6.07 Å². The topological polar surface area (TPSA) is 93.8 Å². The van der Waals surface area contributed by atoms with Gasteiger partial charge in [0.15, 0.2) is 9.84 Å². The molecule has 1 aliphatic heterocycles. The highest BCUT2D eigenvalue weighted by Gasteiger charge is 2.32. The molecule has 6 nitrogen and oxygen atoms in total. The second kappa shape index (κ2) is 5.27. The van der Waals surface area contributed by atoms with E-state index in [1.807, 2.05) is 0 Å². The normalized spacial score (nSPS) is 18.1. The number of hydrogen-bond acceptors (Lipinski definition) is 6. The van der Waals surface area contributed by atoms with Crippen molar-refractivity contribution in [2.75, 3.05) is 32.5 Å². The van der Waals surface area contributed by atoms with Crippen LogP contribution in [-0.4, -0.2) is 62.0 Å². The molecule has 1 N–H and O–H groups in total. The first kappa shape index (κ1) is 12.9. The van der Waals surface area contributed by atoms with E-state index in [9.17, 15) is 8.42 Å². The Morgan fingerprint density at radius 1 is 1.69 bits per heavy atom. The molecule has 0 fully saturated rings. The molecule has 1 aliphatic rings. The first-order valence-electron chi connectivity index (χ1n) is 4.99. The zero-order valence-corrected chi connectivity index (χ0v) is 9.94. The minimum atomic E-state index is -3.45. The van der Waals surface area contributed by atoms with Crippen LogP contribution in [0.5, 0.6) is 0 Å². The molecule has 0 aliphatic carbocycles. The van der Waals surface area contributed by atoms with Gasteiger partial charge in [0.1, 0.15) is 5.84 Å². The van der Waals surface area contributed by atoms with Crippen molar-refractivity contribution in [2.24, 2.45) is 4.99 Å². The molecule has 0 spiro atoms. The Balaban J connectivity index is 2.82. The van der Waals surface area contributed by atoms with Crippen molar-refractivity contribution >= 4 is 15.7 Å². The summed E-state index contributed by atoms with van der Waals surface area (Å²) in [5, 5.41) is 16.4. The van der Waals surface area contributed by atoms with E-state index in [1.54, 1.807) is 11.0 Å². The van der Waals surface area contributed by atoms with E-state index in [4.69, 9.17) is 10.4 Å². The Labute approximate surface area is 95.1 Å². The maximum absolute atomic E-state index is 11.4. The highest BCUT2D eigenvalue weighted by molar-refractivity contribution is 7.92. The van der Waals surface area contributed by atoms with Gasteiger partial charge < -0.3 is 10.0 Å². The SMILES string of the molecule is CS(=O)(=O)C(C#N)C1=NCCN1CCCO. The van der Waals surface area contributed by atoms with Gasteiger partial charge in [-0.3, -0.25) is 4.99 Å². The molecule has 0 saturated heterocycles. The van der Waals surface area contributed by atoms with E-state index in [2.05, 4.69) is 4.99 Å². The molecule has 1 heterocycles. The number of aliphatic hydroxyl groups excluding tert-OH is 1. The summed E-state index contributed by atoms with van der Waals surface area (Å²) in [4.78, 5) is 5.82. The third-order valence-corrected chi connectivity index (χ3v) is 3.51. The predicted octanol–water partition coefficient (Wildman–Crippen LogP) is -0.980. The van der Waals surface area contributed by atoms with Crippen LogP contribution in [0.1, 0.15) is 6.42 Å². The molecule has 7 heteroatoms. The summed E-state index contributed by atoms with van der Waals surface area (Å²) in [6.07, 6.45) is 1.58. The average molecular weight is 245 g/mol. The summed E-state index contributed by atoms with van der Waals surface area (Å²) in [7, 11) is -3.45. The number of sulfone groups is 1. The van der Waals surface area contributed by atoms with Gasteiger partial charge in [-0.15, -0.1) is 0 Å². The maximum atomic E-state index is 11.4. The molecule has 0 amide bonds. The summed E-state index contributed by atoms with van der Waals surface area (Å²) in [6.45, 7) is 1.69. The lowest BCUT2D eigenvalue weighted by Gasteiger charge is -2.21. The number of nitriles is 1. The summed E-state index contributed by atoms with van der Waals surface area (Å²) < 4.78 is 22.8. The molecular weight excluding hydrogens is 230 g/mol. The standard InChI is InChI=1S/C9H15N3O3S/c1-16(14,15)8(7-10)9-11-3-5-12(9)4-2-6-13/h8,13H,2-6H2,1H3. The van der Waals surface area contributed by atoms with Crippen molar-refractivity contribution in [2.45, 2.75) is 11.7 Å². The lowest BCUT2D eigenvalue weighted by atomic mass is 10.3. The van der Waals surface area contributed by atoms with Crippen LogP contribution >= 0.6 is 0 Å². The molecule has 0 aromatic carbocycles. The number of aliphatic imine (C=N–C) groups is 1. The smallest absolute Gasteiger partial charge is 0.204 e. The second-order valence-electron chi connectivity index (χ2n) is 3.64. The first-order valence-corrected chi connectivity index (χ1v) is 6.94. The third-order valence-electron chi connectivity index (χ3n) is 2.33. The van der Waals surface area contributed by atoms with E-state index < -0.39 is 15.1 Å². The average Bonchev–Trinajstić information content (AvgIpc) is 2.62. The molecule has 1 unspecified atom stereocenters. The summed E-state index contributed by atoms with van der Waals surface area (Å²) >= 11 is 0. The Morgan fingerprint density at radius 2 is 2.38 bits per heavy atom. The Bertz CT molecular complexity index is 410. The van der Waals surface area contributed by atoms with Crippen LogP contribution < -0.4 is 0 Å². The van der Waals surface area contributed by atoms with Gasteiger partial charge in [-0.05, 0) is 6.42 Å². The molecule has 0 bridgehead atoms. The summed E-state index contributed by atoms with van der Waals surface area (Å²) in [5.74, 6) is 0.318. The van der Waals surface area contributed by atoms with E-state index in [0.29, 0.717) is 31.9 Å². The summed E-state index contributed by atoms with van der Waals surface area (Å²) in [5.41, 5.74) is 0. The molecule has 90 valence electrons. The number of hydrogen-bond donors (Lipinski definition) is 1. The van der Waals surface area contributed by atoms with Gasteiger partial charge in [0, 0.05) is 26.0 Å². The van der Waals surface area contributed by atoms with Crippen molar-refractivity contribution in [3.63, 3.8) is 0 Å². The van der Waals surface area contributed by atoms with E-state index in [1.165, 1.54) is 0 Å². The van der Waals surface area contributed by atoms with E-state index in [0.717, 1.165) is 6.26 Å². The van der Waals surface area contributed by atoms with Crippen LogP contribution in [0.4, 0.5) is 0 Å². The maximum Gasteiger partial charge on any atom is 0.204 e. The molecule has 16 heavy (non-hydrogen) atoms. The highest BCUT2D eigenvalue weighted by atomic mass is 32.2. The minimum absolute atomic E-state index is 0.0415. The summed E-state index contributed by atoms with van der Waals surface area (Å²) in [6, 6.07) is 1.77. The Morgan fingerprint density at radius 3 is 2.88 bits per heavy atom. The van der Waals surface area contributed by atoms with Gasteiger partial charge in [-0.2, -0.15) is 5.26 Å². The fourth-order valence-electron chi connectivity index (χ4n) is 1.58. The van der Waals surface area contributed by atoms with Gasteiger partial charge in [0.2, 0.25) is 5.25 Å². The van der Waals surface area contributed by atoms with Gasteiger partial charge in [0.25, 0.3) is 0 Å². The van der Waals surface area contributed by atoms with Crippen LogP contribution in [0.3, 0.4) is 0 Å². The van der Waals surface area contributed by atoms with Crippen molar-refractivity contribution in [1.29, 1.82) is 5.26 Å². The van der Waals surface area contributed by atoms with Crippen molar-refractivity contribution < 1.29 is 13.5 Å². The Kier molecular flexibility index (Phi) is 4.26. The monoisotopic (exact) mass is 245 g/mol. The lowest BCUT2D eigenvalue weighted by Crippen LogP contribution is -2.40. The zero-order valence-electron chi connectivity index (χ0n) is 9.13. The fourth-order valence-corrected chi connectivity index (χ4v) is 2.38. The largest absolute Gasteiger partial charge is 0.396 e. The van der Waals surface area contributed by atoms with Crippen LogP contribution in [0.25, 0.3) is 0 Å². The molecule has 0 aromatic heterocycles. The van der Waals surface area contributed by atoms with Crippen LogP contribution in [0, 0.1) is 11.3 Å². The highest BCUT2D eigenvalue weighted by Crippen LogP contribution is 2.11. The van der Waals surface area contributed by atoms with Crippen LogP contribution in [0.2, 0.25) is 0 Å². The number of aliphatic hydroxyl groups is 1. The fraction of sp³-hybridized carbons (Fsp3) is 0.778. The molecule has 1 rings (SSSR count). The Hall–Kier alpha value is -1.13. The van der Waals surface area contributed by atoms with Gasteiger partial charge >= 0.3 is 0 Å². The number of amidine groups is 1. The first-order chi connectivity index (χ1) is 7.50. The number of nitrogens with zero attached hydrogens (tertiary/aromatic N) is 3. The second-order valence-corrected chi connectivity index (χ2v) is 5.77. The molecule has 1 atom stereocenters. The van der Waals surface area contributed by atoms with Gasteiger partial charge in [0.05, 0.1) is 12.6 Å². The van der Waals surface area contributed by atoms with Gasteiger partial charge in [-0.25, -0.2) is 8.42 Å². The predicted molar refractivity (Wildman–Crippen MR) is 59.8 cm³/mol. The van der Waals surface area contributed by atoms with Gasteiger partial charge in [-0.1, -0.05) is 0 Å². The molecular formula is C9H15N3O3S. The van der Waals surface area contributed by atoms with Crippen LogP contribution in [-0.2, 0) is 9.84 Å². The van der Waals surface area contributed by atoms with Crippen molar-refractivity contribution in [3.05, 3.63) is 0 Å². The lowest BCUT2D eigenvalue weighted by molar-refractivity contribution is 0.270.